The first-order chi connectivity index (χ1) is 6.59. The SMILES string of the molecule is C[C@H]1OC[C@H]2O[C@@H](O)[C@@H](O)[C@@H](O)[C@@H]2O1. The Labute approximate surface area is 81.0 Å². The van der Waals surface area contributed by atoms with Crippen molar-refractivity contribution in [2.75, 3.05) is 6.61 Å². The molecule has 2 heterocycles. The second kappa shape index (κ2) is 3.73. The third kappa shape index (κ3) is 1.65. The lowest BCUT2D eigenvalue weighted by atomic mass is 9.98. The lowest BCUT2D eigenvalue weighted by Gasteiger charge is -2.44. The molecule has 0 aromatic carbocycles. The zero-order valence-corrected chi connectivity index (χ0v) is 7.74. The van der Waals surface area contributed by atoms with E-state index >= 15 is 0 Å². The number of hydrogen-bond acceptors (Lipinski definition) is 6. The number of fused-ring (bicyclic) bond motifs is 1. The molecule has 0 bridgehead atoms. The summed E-state index contributed by atoms with van der Waals surface area (Å²) in [7, 11) is 0. The van der Waals surface area contributed by atoms with Crippen molar-refractivity contribution in [2.24, 2.45) is 0 Å². The lowest BCUT2D eigenvalue weighted by molar-refractivity contribution is -0.348. The Bertz CT molecular complexity index is 208. The summed E-state index contributed by atoms with van der Waals surface area (Å²) in [6.07, 6.45) is -5.46. The minimum Gasteiger partial charge on any atom is -0.387 e. The molecule has 6 heteroatoms. The summed E-state index contributed by atoms with van der Waals surface area (Å²) < 4.78 is 15.4. The van der Waals surface area contributed by atoms with Crippen LogP contribution in [0.5, 0.6) is 0 Å². The van der Waals surface area contributed by atoms with Gasteiger partial charge in [0.05, 0.1) is 6.61 Å². The molecule has 2 fully saturated rings. The zero-order chi connectivity index (χ0) is 10.3. The van der Waals surface area contributed by atoms with Gasteiger partial charge in [-0.1, -0.05) is 0 Å². The smallest absolute Gasteiger partial charge is 0.184 e. The van der Waals surface area contributed by atoms with Crippen molar-refractivity contribution in [2.45, 2.75) is 43.9 Å². The van der Waals surface area contributed by atoms with Crippen LogP contribution in [0, 0.1) is 0 Å². The maximum Gasteiger partial charge on any atom is 0.184 e. The third-order valence-electron chi connectivity index (χ3n) is 2.50. The highest BCUT2D eigenvalue weighted by Crippen LogP contribution is 2.27. The quantitative estimate of drug-likeness (QED) is 0.433. The van der Waals surface area contributed by atoms with Crippen molar-refractivity contribution in [3.63, 3.8) is 0 Å². The van der Waals surface area contributed by atoms with Gasteiger partial charge in [-0.2, -0.15) is 0 Å². The summed E-state index contributed by atoms with van der Waals surface area (Å²) in [5.74, 6) is 0. The van der Waals surface area contributed by atoms with E-state index in [-0.39, 0.29) is 6.61 Å². The Kier molecular flexibility index (Phi) is 2.74. The van der Waals surface area contributed by atoms with Gasteiger partial charge in [-0.3, -0.25) is 0 Å². The van der Waals surface area contributed by atoms with Gasteiger partial charge in [0.15, 0.2) is 12.6 Å². The predicted molar refractivity (Wildman–Crippen MR) is 43.2 cm³/mol. The molecule has 0 saturated carbocycles. The van der Waals surface area contributed by atoms with Crippen molar-refractivity contribution < 1.29 is 29.5 Å². The van der Waals surface area contributed by atoms with E-state index in [1.165, 1.54) is 0 Å². The molecule has 2 rings (SSSR count). The first-order valence-electron chi connectivity index (χ1n) is 4.56. The molecule has 0 aromatic heterocycles. The van der Waals surface area contributed by atoms with Crippen molar-refractivity contribution in [3.05, 3.63) is 0 Å². The molecule has 2 saturated heterocycles. The molecule has 3 N–H and O–H groups in total. The first-order valence-corrected chi connectivity index (χ1v) is 4.56. The Hall–Kier alpha value is -0.240. The molecule has 0 aromatic rings. The van der Waals surface area contributed by atoms with Crippen LogP contribution < -0.4 is 0 Å². The van der Waals surface area contributed by atoms with E-state index in [9.17, 15) is 15.3 Å². The molecule has 0 aliphatic carbocycles. The van der Waals surface area contributed by atoms with Gasteiger partial charge < -0.3 is 29.5 Å². The fourth-order valence-corrected chi connectivity index (χ4v) is 1.71. The fraction of sp³-hybridized carbons (Fsp3) is 1.00. The average molecular weight is 206 g/mol. The van der Waals surface area contributed by atoms with Crippen molar-refractivity contribution in [3.8, 4) is 0 Å². The van der Waals surface area contributed by atoms with Crippen molar-refractivity contribution in [1.29, 1.82) is 0 Å². The van der Waals surface area contributed by atoms with E-state index < -0.39 is 37.0 Å². The van der Waals surface area contributed by atoms with Crippen LogP contribution in [-0.4, -0.2) is 58.9 Å². The van der Waals surface area contributed by atoms with Crippen LogP contribution in [0.3, 0.4) is 0 Å². The summed E-state index contributed by atoms with van der Waals surface area (Å²) in [4.78, 5) is 0. The largest absolute Gasteiger partial charge is 0.387 e. The van der Waals surface area contributed by atoms with Gasteiger partial charge >= 0.3 is 0 Å². The monoisotopic (exact) mass is 206 g/mol. The van der Waals surface area contributed by atoms with Crippen molar-refractivity contribution >= 4 is 0 Å². The normalized spacial score (nSPS) is 54.0. The van der Waals surface area contributed by atoms with E-state index in [2.05, 4.69) is 0 Å². The Morgan fingerprint density at radius 3 is 2.50 bits per heavy atom. The zero-order valence-electron chi connectivity index (χ0n) is 7.74. The molecule has 6 nitrogen and oxygen atoms in total. The summed E-state index contributed by atoms with van der Waals surface area (Å²) in [6, 6.07) is 0. The van der Waals surface area contributed by atoms with E-state index in [0.717, 1.165) is 0 Å². The summed E-state index contributed by atoms with van der Waals surface area (Å²) in [6.45, 7) is 1.94. The number of ether oxygens (including phenoxy) is 3. The molecule has 0 radical (unpaired) electrons. The van der Waals surface area contributed by atoms with Crippen LogP contribution in [0.4, 0.5) is 0 Å². The third-order valence-corrected chi connectivity index (χ3v) is 2.50. The van der Waals surface area contributed by atoms with Gasteiger partial charge in [0.1, 0.15) is 24.4 Å². The minimum absolute atomic E-state index is 0.243. The van der Waals surface area contributed by atoms with Gasteiger partial charge in [-0.15, -0.1) is 0 Å². The van der Waals surface area contributed by atoms with Crippen LogP contribution in [0.25, 0.3) is 0 Å². The second-order valence-corrected chi connectivity index (χ2v) is 3.55. The molecule has 14 heavy (non-hydrogen) atoms. The number of hydrogen-bond donors (Lipinski definition) is 3. The standard InChI is InChI=1S/C8H14O6/c1-3-12-2-4-7(13-3)5(9)6(10)8(11)14-4/h3-11H,2H2,1H3/t3-,4+,5+,6-,7+,8+/m0/s1. The van der Waals surface area contributed by atoms with Gasteiger partial charge in [-0.25, -0.2) is 0 Å². The Morgan fingerprint density at radius 2 is 1.79 bits per heavy atom. The summed E-state index contributed by atoms with van der Waals surface area (Å²) in [5, 5.41) is 28.1. The van der Waals surface area contributed by atoms with Crippen molar-refractivity contribution in [1.82, 2.24) is 0 Å². The fourth-order valence-electron chi connectivity index (χ4n) is 1.71. The maximum absolute atomic E-state index is 9.59. The van der Waals surface area contributed by atoms with E-state index in [4.69, 9.17) is 14.2 Å². The number of aliphatic hydroxyl groups is 3. The van der Waals surface area contributed by atoms with Crippen LogP contribution in [0.1, 0.15) is 6.92 Å². The van der Waals surface area contributed by atoms with Gasteiger partial charge in [-0.05, 0) is 6.92 Å². The minimum atomic E-state index is -1.38. The molecule has 0 spiro atoms. The number of aliphatic hydroxyl groups excluding tert-OH is 3. The molecule has 6 atom stereocenters. The molecule has 0 amide bonds. The Morgan fingerprint density at radius 1 is 1.07 bits per heavy atom. The van der Waals surface area contributed by atoms with Crippen LogP contribution in [0.15, 0.2) is 0 Å². The maximum atomic E-state index is 9.59. The number of rotatable bonds is 0. The average Bonchev–Trinajstić information content (AvgIpc) is 2.16. The molecular weight excluding hydrogens is 192 g/mol. The van der Waals surface area contributed by atoms with E-state index in [0.29, 0.717) is 0 Å². The highest BCUT2D eigenvalue weighted by molar-refractivity contribution is 4.91. The first kappa shape index (κ1) is 10.3. The van der Waals surface area contributed by atoms with E-state index in [1.807, 2.05) is 0 Å². The van der Waals surface area contributed by atoms with Gasteiger partial charge in [0, 0.05) is 0 Å². The van der Waals surface area contributed by atoms with Crippen LogP contribution in [0.2, 0.25) is 0 Å². The molecule has 2 aliphatic heterocycles. The molecule has 82 valence electrons. The van der Waals surface area contributed by atoms with Gasteiger partial charge in [0.2, 0.25) is 0 Å². The van der Waals surface area contributed by atoms with Crippen LogP contribution >= 0.6 is 0 Å². The highest BCUT2D eigenvalue weighted by Gasteiger charge is 2.47. The topological polar surface area (TPSA) is 88.4 Å². The predicted octanol–water partition coefficient (Wildman–Crippen LogP) is -1.81. The summed E-state index contributed by atoms with van der Waals surface area (Å²) >= 11 is 0. The van der Waals surface area contributed by atoms with Crippen LogP contribution in [-0.2, 0) is 14.2 Å². The molecular formula is C8H14O6. The molecule has 2 aliphatic rings. The molecule has 0 unspecified atom stereocenters. The summed E-state index contributed by atoms with van der Waals surface area (Å²) in [5.41, 5.74) is 0. The lowest BCUT2D eigenvalue weighted by Crippen LogP contribution is -2.62. The Balaban J connectivity index is 2.08. The second-order valence-electron chi connectivity index (χ2n) is 3.55. The highest BCUT2D eigenvalue weighted by atomic mass is 16.7. The van der Waals surface area contributed by atoms with Gasteiger partial charge in [0.25, 0.3) is 0 Å². The van der Waals surface area contributed by atoms with E-state index in [1.54, 1.807) is 6.92 Å².